The quantitative estimate of drug-likeness (QED) is 0.210. The van der Waals surface area contributed by atoms with Crippen molar-refractivity contribution in [3.8, 4) is 22.3 Å². The number of allylic oxidation sites excluding steroid dienone is 6. The molecular formula is C39H27NO. The first-order valence-electron chi connectivity index (χ1n) is 14.5. The summed E-state index contributed by atoms with van der Waals surface area (Å²) in [7, 11) is 0. The maximum atomic E-state index is 6.93. The van der Waals surface area contributed by atoms with Crippen LogP contribution in [0.3, 0.4) is 0 Å². The molecule has 0 aliphatic heterocycles. The SMILES string of the molecule is C1=CC2C=Cc3oc4c(-c5c6ccccc6c(-c6ccncc6)c6ccccc56)cc5c(c4c3C2C=C1)CCC=C5. The fourth-order valence-electron chi connectivity index (χ4n) is 7.44. The van der Waals surface area contributed by atoms with Crippen molar-refractivity contribution >= 4 is 44.7 Å². The average molecular weight is 526 g/mol. The zero-order valence-electron chi connectivity index (χ0n) is 22.5. The van der Waals surface area contributed by atoms with Gasteiger partial charge in [0, 0.05) is 46.3 Å². The lowest BCUT2D eigenvalue weighted by molar-refractivity contribution is 0.579. The Bertz CT molecular complexity index is 2100. The van der Waals surface area contributed by atoms with E-state index in [2.05, 4.69) is 120 Å². The number of rotatable bonds is 2. The number of hydrogen-bond acceptors (Lipinski definition) is 2. The van der Waals surface area contributed by atoms with Gasteiger partial charge in [0.25, 0.3) is 0 Å². The molecule has 2 nitrogen and oxygen atoms in total. The Morgan fingerprint density at radius 1 is 0.732 bits per heavy atom. The molecule has 4 aromatic carbocycles. The van der Waals surface area contributed by atoms with E-state index >= 15 is 0 Å². The highest BCUT2D eigenvalue weighted by Gasteiger charge is 2.32. The van der Waals surface area contributed by atoms with E-state index < -0.39 is 0 Å². The van der Waals surface area contributed by atoms with Crippen molar-refractivity contribution in [1.29, 1.82) is 0 Å². The fraction of sp³-hybridized carbons (Fsp3) is 0.103. The van der Waals surface area contributed by atoms with Crippen molar-refractivity contribution in [2.45, 2.75) is 18.8 Å². The molecule has 2 heterocycles. The molecule has 3 aliphatic rings. The first-order valence-corrected chi connectivity index (χ1v) is 14.5. The Morgan fingerprint density at radius 2 is 1.44 bits per heavy atom. The topological polar surface area (TPSA) is 26.0 Å². The van der Waals surface area contributed by atoms with Crippen molar-refractivity contribution in [3.63, 3.8) is 0 Å². The predicted octanol–water partition coefficient (Wildman–Crippen LogP) is 10.3. The molecule has 0 spiro atoms. The molecule has 194 valence electrons. The summed E-state index contributed by atoms with van der Waals surface area (Å²) < 4.78 is 6.93. The lowest BCUT2D eigenvalue weighted by Gasteiger charge is -2.26. The summed E-state index contributed by atoms with van der Waals surface area (Å²) in [5.74, 6) is 1.68. The lowest BCUT2D eigenvalue weighted by Crippen LogP contribution is -2.13. The van der Waals surface area contributed by atoms with E-state index in [-0.39, 0.29) is 0 Å². The molecule has 2 aromatic heterocycles. The largest absolute Gasteiger partial charge is 0.456 e. The van der Waals surface area contributed by atoms with Gasteiger partial charge in [0.15, 0.2) is 0 Å². The Labute approximate surface area is 238 Å². The maximum absolute atomic E-state index is 6.93. The van der Waals surface area contributed by atoms with Crippen molar-refractivity contribution in [2.75, 3.05) is 0 Å². The van der Waals surface area contributed by atoms with E-state index in [1.807, 2.05) is 12.4 Å². The summed E-state index contributed by atoms with van der Waals surface area (Å²) in [4.78, 5) is 4.30. The number of benzene rings is 4. The fourth-order valence-corrected chi connectivity index (χ4v) is 7.44. The van der Waals surface area contributed by atoms with Gasteiger partial charge in [0.1, 0.15) is 11.3 Å². The van der Waals surface area contributed by atoms with Gasteiger partial charge >= 0.3 is 0 Å². The number of hydrogen-bond donors (Lipinski definition) is 0. The van der Waals surface area contributed by atoms with Gasteiger partial charge in [-0.25, -0.2) is 0 Å². The van der Waals surface area contributed by atoms with Gasteiger partial charge in [-0.3, -0.25) is 4.98 Å². The highest BCUT2D eigenvalue weighted by molar-refractivity contribution is 6.23. The third-order valence-corrected chi connectivity index (χ3v) is 9.18. The van der Waals surface area contributed by atoms with Crippen LogP contribution in [0.2, 0.25) is 0 Å². The van der Waals surface area contributed by atoms with Crippen LogP contribution in [-0.4, -0.2) is 4.98 Å². The Hall–Kier alpha value is -4.95. The highest BCUT2D eigenvalue weighted by atomic mass is 16.3. The summed E-state index contributed by atoms with van der Waals surface area (Å²) in [5.41, 5.74) is 9.96. The molecule has 2 heteroatoms. The minimum absolute atomic E-state index is 0.300. The molecule has 0 fully saturated rings. The lowest BCUT2D eigenvalue weighted by atomic mass is 9.76. The number of aromatic nitrogens is 1. The smallest absolute Gasteiger partial charge is 0.143 e. The number of nitrogens with zero attached hydrogens (tertiary/aromatic N) is 1. The van der Waals surface area contributed by atoms with Crippen molar-refractivity contribution in [3.05, 3.63) is 138 Å². The van der Waals surface area contributed by atoms with Crippen LogP contribution in [0, 0.1) is 5.92 Å². The predicted molar refractivity (Wildman–Crippen MR) is 171 cm³/mol. The summed E-state index contributed by atoms with van der Waals surface area (Å²) in [5, 5.41) is 6.28. The molecule has 0 saturated carbocycles. The molecule has 9 rings (SSSR count). The summed E-state index contributed by atoms with van der Waals surface area (Å²) in [6.45, 7) is 0. The van der Waals surface area contributed by atoms with Crippen LogP contribution in [0.25, 0.3) is 66.9 Å². The Balaban J connectivity index is 1.45. The van der Waals surface area contributed by atoms with Gasteiger partial charge in [-0.1, -0.05) is 91.1 Å². The minimum Gasteiger partial charge on any atom is -0.456 e. The van der Waals surface area contributed by atoms with E-state index in [9.17, 15) is 0 Å². The van der Waals surface area contributed by atoms with Gasteiger partial charge < -0.3 is 4.42 Å². The first kappa shape index (κ1) is 22.8. The second-order valence-electron chi connectivity index (χ2n) is 11.3. The zero-order chi connectivity index (χ0) is 26.9. The van der Waals surface area contributed by atoms with Gasteiger partial charge in [0.2, 0.25) is 0 Å². The molecule has 41 heavy (non-hydrogen) atoms. The number of furan rings is 1. The van der Waals surface area contributed by atoms with Crippen LogP contribution < -0.4 is 0 Å². The van der Waals surface area contributed by atoms with Crippen molar-refractivity contribution < 1.29 is 4.42 Å². The second kappa shape index (κ2) is 8.78. The molecule has 2 atom stereocenters. The minimum atomic E-state index is 0.300. The van der Waals surface area contributed by atoms with Crippen LogP contribution in [0.15, 0.2) is 120 Å². The zero-order valence-corrected chi connectivity index (χ0v) is 22.5. The Morgan fingerprint density at radius 3 is 2.20 bits per heavy atom. The summed E-state index contributed by atoms with van der Waals surface area (Å²) in [6.07, 6.45) is 24.1. The van der Waals surface area contributed by atoms with Crippen LogP contribution in [0.4, 0.5) is 0 Å². The average Bonchev–Trinajstić information content (AvgIpc) is 3.44. The summed E-state index contributed by atoms with van der Waals surface area (Å²) in [6, 6.07) is 24.3. The summed E-state index contributed by atoms with van der Waals surface area (Å²) >= 11 is 0. The third-order valence-electron chi connectivity index (χ3n) is 9.18. The van der Waals surface area contributed by atoms with Crippen LogP contribution in [-0.2, 0) is 6.42 Å². The van der Waals surface area contributed by atoms with Gasteiger partial charge in [0.05, 0.1) is 0 Å². The van der Waals surface area contributed by atoms with E-state index in [0.717, 1.165) is 24.2 Å². The molecule has 0 N–H and O–H groups in total. The van der Waals surface area contributed by atoms with Gasteiger partial charge in [-0.05, 0) is 80.9 Å². The monoisotopic (exact) mass is 525 g/mol. The molecule has 0 bridgehead atoms. The number of aryl methyl sites for hydroxylation is 1. The molecule has 3 aliphatic carbocycles. The standard InChI is InChI=1S/C39H27NO/c1-3-11-27-24(9-1)17-18-34-37(27)38-28-12-4-2-10-26(28)23-33(39(38)41-34)36-31-15-7-5-13-29(31)35(25-19-21-40-22-20-25)30-14-6-8-16-32(30)36/h1-3,5-11,13-24,27H,4,12H2. The third kappa shape index (κ3) is 3.28. The first-order chi connectivity index (χ1) is 20.4. The van der Waals surface area contributed by atoms with Crippen molar-refractivity contribution in [2.24, 2.45) is 5.92 Å². The normalized spacial score (nSPS) is 18.6. The van der Waals surface area contributed by atoms with E-state index in [1.54, 1.807) is 0 Å². The number of pyridine rings is 1. The molecule has 2 unspecified atom stereocenters. The van der Waals surface area contributed by atoms with Gasteiger partial charge in [-0.15, -0.1) is 0 Å². The van der Waals surface area contributed by atoms with E-state index in [1.165, 1.54) is 65.9 Å². The van der Waals surface area contributed by atoms with Crippen LogP contribution in [0.5, 0.6) is 0 Å². The van der Waals surface area contributed by atoms with Gasteiger partial charge in [-0.2, -0.15) is 0 Å². The molecular weight excluding hydrogens is 498 g/mol. The second-order valence-corrected chi connectivity index (χ2v) is 11.3. The Kier molecular flexibility index (Phi) is 4.89. The van der Waals surface area contributed by atoms with Crippen molar-refractivity contribution in [1.82, 2.24) is 4.98 Å². The van der Waals surface area contributed by atoms with E-state index in [4.69, 9.17) is 4.42 Å². The molecule has 0 saturated heterocycles. The molecule has 0 radical (unpaired) electrons. The highest BCUT2D eigenvalue weighted by Crippen LogP contribution is 2.51. The van der Waals surface area contributed by atoms with E-state index in [0.29, 0.717) is 11.8 Å². The maximum Gasteiger partial charge on any atom is 0.143 e. The van der Waals surface area contributed by atoms with Crippen LogP contribution >= 0.6 is 0 Å². The van der Waals surface area contributed by atoms with Crippen LogP contribution in [0.1, 0.15) is 34.8 Å². The molecule has 0 amide bonds. The number of fused-ring (bicyclic) bond motifs is 9. The molecule has 6 aromatic rings.